The van der Waals surface area contributed by atoms with Crippen LogP contribution in [-0.4, -0.2) is 85.2 Å². The summed E-state index contributed by atoms with van der Waals surface area (Å²) >= 11 is 0. The topological polar surface area (TPSA) is 64.6 Å². The third-order valence-electron chi connectivity index (χ3n) is 3.11. The fraction of sp³-hybridized carbons (Fsp3) is 1.00. The van der Waals surface area contributed by atoms with Gasteiger partial charge in [-0.25, -0.2) is 0 Å². The summed E-state index contributed by atoms with van der Waals surface area (Å²) in [4.78, 5) is 0. The van der Waals surface area contributed by atoms with Crippen molar-refractivity contribution in [3.8, 4) is 0 Å². The van der Waals surface area contributed by atoms with Crippen LogP contribution >= 0.6 is 0 Å². The molecule has 0 aromatic rings. The van der Waals surface area contributed by atoms with Crippen molar-refractivity contribution in [2.24, 2.45) is 0 Å². The zero-order chi connectivity index (χ0) is 16.5. The van der Waals surface area contributed by atoms with Crippen molar-refractivity contribution in [1.82, 2.24) is 0 Å². The molecule has 0 aliphatic carbocycles. The molecular weight excluding hydrogens is 312 g/mol. The van der Waals surface area contributed by atoms with Crippen molar-refractivity contribution in [3.05, 3.63) is 0 Å². The van der Waals surface area contributed by atoms with E-state index in [1.165, 1.54) is 0 Å². The minimum atomic E-state index is -0.708. The first-order valence-electron chi connectivity index (χ1n) is 6.29. The zero-order valence-electron chi connectivity index (χ0n) is 14.0. The lowest BCUT2D eigenvalue weighted by Gasteiger charge is -2.36. The molecule has 0 saturated heterocycles. The van der Waals surface area contributed by atoms with Gasteiger partial charge < -0.3 is 32.5 Å². The summed E-state index contributed by atoms with van der Waals surface area (Å²) in [7, 11) is 9.40. The predicted molar refractivity (Wildman–Crippen MR) is 79.0 cm³/mol. The largest absolute Gasteiger partial charge is 0.453 e. The molecule has 124 valence electrons. The molecule has 0 aromatic heterocycles. The zero-order valence-corrected chi connectivity index (χ0v) is 16.0. The van der Waals surface area contributed by atoms with Gasteiger partial charge in [-0.3, -0.25) is 0 Å². The SMILES string of the molecule is COC(OC)C(C)(OC)[Si]O[Si]C(C)(OC)C(OC)OC. The second-order valence-electron chi connectivity index (χ2n) is 4.54. The van der Waals surface area contributed by atoms with Crippen molar-refractivity contribution in [1.29, 1.82) is 0 Å². The molecule has 21 heavy (non-hydrogen) atoms. The number of rotatable bonds is 12. The standard InChI is InChI=1S/C12H26O7Si2/c1-11(17-7,9(13-3)14-4)20-19-21-12(2,18-8)10(15-5)16-6/h9-10H,1-8H3. The van der Waals surface area contributed by atoms with Crippen LogP contribution < -0.4 is 0 Å². The van der Waals surface area contributed by atoms with E-state index in [-0.39, 0.29) is 19.5 Å². The molecule has 0 fully saturated rings. The van der Waals surface area contributed by atoms with Crippen molar-refractivity contribution < 1.29 is 32.5 Å². The van der Waals surface area contributed by atoms with Gasteiger partial charge in [0.15, 0.2) is 12.6 Å². The van der Waals surface area contributed by atoms with Crippen LogP contribution in [0.15, 0.2) is 0 Å². The van der Waals surface area contributed by atoms with Crippen LogP contribution in [0.2, 0.25) is 0 Å². The lowest BCUT2D eigenvalue weighted by molar-refractivity contribution is -0.192. The summed E-state index contributed by atoms with van der Waals surface area (Å²) < 4.78 is 37.8. The van der Waals surface area contributed by atoms with Crippen LogP contribution in [0, 0.1) is 0 Å². The first-order chi connectivity index (χ1) is 9.87. The molecule has 0 aliphatic rings. The molecule has 4 radical (unpaired) electrons. The Morgan fingerprint density at radius 2 is 0.905 bits per heavy atom. The molecule has 0 amide bonds. The highest BCUT2D eigenvalue weighted by molar-refractivity contribution is 6.46. The molecule has 0 saturated carbocycles. The Bertz CT molecular complexity index is 250. The van der Waals surface area contributed by atoms with E-state index in [0.717, 1.165) is 0 Å². The Hall–Kier alpha value is 0.154. The molecule has 0 spiro atoms. The summed E-state index contributed by atoms with van der Waals surface area (Å²) in [5.41, 5.74) is 0. The van der Waals surface area contributed by atoms with E-state index in [0.29, 0.717) is 0 Å². The normalized spacial score (nSPS) is 18.0. The van der Waals surface area contributed by atoms with Crippen molar-refractivity contribution in [3.63, 3.8) is 0 Å². The van der Waals surface area contributed by atoms with Gasteiger partial charge in [0, 0.05) is 42.7 Å². The third kappa shape index (κ3) is 5.69. The monoisotopic (exact) mass is 338 g/mol. The maximum Gasteiger partial charge on any atom is 0.259 e. The van der Waals surface area contributed by atoms with Gasteiger partial charge in [0.25, 0.3) is 19.5 Å². The van der Waals surface area contributed by atoms with Crippen molar-refractivity contribution in [2.45, 2.75) is 36.9 Å². The average Bonchev–Trinajstić information content (AvgIpc) is 2.49. The first kappa shape index (κ1) is 21.2. The second kappa shape index (κ2) is 10.0. The quantitative estimate of drug-likeness (QED) is 0.372. The molecule has 9 heteroatoms. The molecule has 0 aromatic carbocycles. The lowest BCUT2D eigenvalue weighted by atomic mass is 10.4. The fourth-order valence-electron chi connectivity index (χ4n) is 1.69. The summed E-state index contributed by atoms with van der Waals surface area (Å²) in [6.45, 7) is 3.73. The smallest absolute Gasteiger partial charge is 0.259 e. The van der Waals surface area contributed by atoms with Gasteiger partial charge in [0.1, 0.15) is 10.4 Å². The van der Waals surface area contributed by atoms with E-state index in [2.05, 4.69) is 0 Å². The van der Waals surface area contributed by atoms with Crippen LogP contribution in [0.25, 0.3) is 0 Å². The molecule has 0 N–H and O–H groups in total. The van der Waals surface area contributed by atoms with E-state index >= 15 is 0 Å². The van der Waals surface area contributed by atoms with Gasteiger partial charge in [-0.2, -0.15) is 0 Å². The predicted octanol–water partition coefficient (Wildman–Crippen LogP) is 0.204. The van der Waals surface area contributed by atoms with E-state index in [9.17, 15) is 0 Å². The van der Waals surface area contributed by atoms with Crippen LogP contribution in [0.4, 0.5) is 0 Å². The van der Waals surface area contributed by atoms with Gasteiger partial charge >= 0.3 is 0 Å². The van der Waals surface area contributed by atoms with E-state index in [1.807, 2.05) is 13.8 Å². The Labute approximate surface area is 132 Å². The highest BCUT2D eigenvalue weighted by atomic mass is 28.3. The highest BCUT2D eigenvalue weighted by Crippen LogP contribution is 2.20. The Balaban J connectivity index is 4.68. The lowest BCUT2D eigenvalue weighted by Crippen LogP contribution is -2.54. The molecule has 0 heterocycles. The fourth-order valence-corrected chi connectivity index (χ4v) is 4.35. The van der Waals surface area contributed by atoms with Crippen LogP contribution in [0.5, 0.6) is 0 Å². The second-order valence-corrected chi connectivity index (χ2v) is 7.75. The van der Waals surface area contributed by atoms with Gasteiger partial charge in [0.05, 0.1) is 0 Å². The molecule has 0 rings (SSSR count). The number of hydrogen-bond donors (Lipinski definition) is 0. The Morgan fingerprint density at radius 1 is 0.619 bits per heavy atom. The Kier molecular flexibility index (Phi) is 10.1. The van der Waals surface area contributed by atoms with Crippen molar-refractivity contribution >= 4 is 19.5 Å². The van der Waals surface area contributed by atoms with Crippen LogP contribution in [-0.2, 0) is 32.5 Å². The summed E-state index contributed by atoms with van der Waals surface area (Å²) in [5, 5.41) is -1.42. The minimum absolute atomic E-state index is 0.00862. The molecule has 0 aliphatic heterocycles. The Morgan fingerprint density at radius 3 is 1.10 bits per heavy atom. The highest BCUT2D eigenvalue weighted by Gasteiger charge is 2.41. The van der Waals surface area contributed by atoms with E-state index < -0.39 is 23.0 Å². The van der Waals surface area contributed by atoms with Crippen LogP contribution in [0.3, 0.4) is 0 Å². The molecule has 2 atom stereocenters. The summed E-state index contributed by atoms with van der Waals surface area (Å²) in [6.07, 6.45) is -1.06. The maximum absolute atomic E-state index is 5.80. The van der Waals surface area contributed by atoms with E-state index in [4.69, 9.17) is 32.5 Å². The van der Waals surface area contributed by atoms with E-state index in [1.54, 1.807) is 42.7 Å². The molecule has 0 bridgehead atoms. The number of methoxy groups -OCH3 is 6. The van der Waals surface area contributed by atoms with Gasteiger partial charge in [-0.15, -0.1) is 0 Å². The van der Waals surface area contributed by atoms with Gasteiger partial charge in [-0.1, -0.05) is 0 Å². The molecule has 7 nitrogen and oxygen atoms in total. The molecule has 2 unspecified atom stereocenters. The van der Waals surface area contributed by atoms with Gasteiger partial charge in [0.2, 0.25) is 0 Å². The third-order valence-corrected chi connectivity index (χ3v) is 5.62. The van der Waals surface area contributed by atoms with Crippen LogP contribution in [0.1, 0.15) is 13.8 Å². The first-order valence-corrected chi connectivity index (χ1v) is 8.10. The maximum atomic E-state index is 5.80. The average molecular weight is 339 g/mol. The van der Waals surface area contributed by atoms with Crippen molar-refractivity contribution in [2.75, 3.05) is 42.7 Å². The summed E-state index contributed by atoms with van der Waals surface area (Å²) in [6, 6.07) is 0. The summed E-state index contributed by atoms with van der Waals surface area (Å²) in [5.74, 6) is 0. The molecular formula is C12H26O7Si2. The van der Waals surface area contributed by atoms with Gasteiger partial charge in [-0.05, 0) is 13.8 Å². The number of ether oxygens (including phenoxy) is 6. The minimum Gasteiger partial charge on any atom is -0.453 e. The number of hydrogen-bond acceptors (Lipinski definition) is 7.